The van der Waals surface area contributed by atoms with Gasteiger partial charge in [-0.15, -0.1) is 0 Å². The Kier molecular flexibility index (Phi) is 67.2. The molecule has 0 saturated carbocycles. The van der Waals surface area contributed by atoms with Gasteiger partial charge in [0.1, 0.15) is 35.7 Å². The van der Waals surface area contributed by atoms with E-state index in [9.17, 15) is 81.5 Å². The fraction of sp³-hybridized carbons (Fsp3) is 0.782. The average Bonchev–Trinajstić information content (AvgIpc) is 1.69. The number of ketones is 4. The van der Waals surface area contributed by atoms with Crippen LogP contribution in [0.15, 0.2) is 0 Å². The Morgan fingerprint density at radius 3 is 1.03 bits per heavy atom. The number of amides is 13. The van der Waals surface area contributed by atoms with Crippen molar-refractivity contribution in [3.63, 3.8) is 0 Å². The van der Waals surface area contributed by atoms with Crippen molar-refractivity contribution in [2.75, 3.05) is 139 Å². The van der Waals surface area contributed by atoms with E-state index in [1.807, 2.05) is 27.7 Å². The van der Waals surface area contributed by atoms with Crippen LogP contribution in [-0.2, 0) is 129 Å². The minimum absolute atomic E-state index is 0. The minimum atomic E-state index is -1.10. The van der Waals surface area contributed by atoms with Crippen molar-refractivity contribution in [3.8, 4) is 0 Å². The van der Waals surface area contributed by atoms with Gasteiger partial charge in [-0.2, -0.15) is 20.0 Å². The van der Waals surface area contributed by atoms with E-state index < -0.39 is 132 Å². The molecule has 2 aliphatic rings. The SMILES string of the molecule is C.CC(=O)CC[C@@H](NC(=O)CCOCCOCCOCCOCCNC(=O)CON1C(=O)CC(C(C)C)C1=O)C(=O)N[C@H](C(=O)N[C@@H](C)C(=O)C(C)C)C(C)C.CCC(=O)[C@H](CCCNC(C)=O)NC(=O)[C@@H](NC(=O)[C@@H](CCC(C)=O)NC(=O)CCOCCOCCOCCOCCNC(=O)CON1C(=O)CC(C(C)C)C1=O)C(C)C.P.[B].[B]. The molecule has 2 fully saturated rings. The van der Waals surface area contributed by atoms with Crippen LogP contribution in [-0.4, -0.2) is 302 Å². The van der Waals surface area contributed by atoms with Gasteiger partial charge in [-0.25, -0.2) is 0 Å². The first kappa shape index (κ1) is 118. The van der Waals surface area contributed by atoms with E-state index in [2.05, 4.69) is 47.9 Å². The summed E-state index contributed by atoms with van der Waals surface area (Å²) < 4.78 is 43.5. The maximum absolute atomic E-state index is 13.4. The molecule has 2 rings (SSSR count). The Bertz CT molecular complexity index is 3110. The highest BCUT2D eigenvalue weighted by molar-refractivity contribution is 6.92. The smallest absolute Gasteiger partial charge is 0.257 e. The van der Waals surface area contributed by atoms with Crippen LogP contribution in [0.5, 0.6) is 0 Å². The van der Waals surface area contributed by atoms with Gasteiger partial charge < -0.3 is 95.3 Å². The largest absolute Gasteiger partial charge is 0.379 e. The summed E-state index contributed by atoms with van der Waals surface area (Å²) in [5, 5.41) is 25.2. The Balaban J connectivity index is -0.00000108. The van der Waals surface area contributed by atoms with Crippen molar-refractivity contribution in [2.24, 2.45) is 41.4 Å². The lowest BCUT2D eigenvalue weighted by Crippen LogP contribution is -2.57. The number of nitrogens with one attached hydrogen (secondary N) is 9. The summed E-state index contributed by atoms with van der Waals surface area (Å²) in [5.74, 6) is -8.76. The fourth-order valence-electron chi connectivity index (χ4n) is 10.9. The summed E-state index contributed by atoms with van der Waals surface area (Å²) >= 11 is 0. The quantitative estimate of drug-likeness (QED) is 0.0168. The molecule has 13 amide bonds. The zero-order valence-corrected chi connectivity index (χ0v) is 73.3. The topological polar surface area (TPSA) is 497 Å². The van der Waals surface area contributed by atoms with Crippen LogP contribution < -0.4 is 47.9 Å². The molecular weight excluding hydrogens is 1580 g/mol. The lowest BCUT2D eigenvalue weighted by Gasteiger charge is -2.27. The first-order valence-corrected chi connectivity index (χ1v) is 39.7. The highest BCUT2D eigenvalue weighted by atomic mass is 31.0. The molecule has 2 heterocycles. The molecule has 0 aromatic rings. The maximum Gasteiger partial charge on any atom is 0.257 e. The van der Waals surface area contributed by atoms with Gasteiger partial charge in [-0.1, -0.05) is 83.6 Å². The van der Waals surface area contributed by atoms with E-state index in [1.54, 1.807) is 55.4 Å². The van der Waals surface area contributed by atoms with Gasteiger partial charge in [0.15, 0.2) is 24.8 Å². The third kappa shape index (κ3) is 52.3. The van der Waals surface area contributed by atoms with Gasteiger partial charge in [0.25, 0.3) is 23.6 Å². The van der Waals surface area contributed by atoms with Crippen LogP contribution >= 0.6 is 9.90 Å². The zero-order valence-electron chi connectivity index (χ0n) is 71.9. The second-order valence-corrected chi connectivity index (χ2v) is 29.3. The van der Waals surface area contributed by atoms with Gasteiger partial charge in [0, 0.05) is 94.2 Å². The molecule has 0 spiro atoms. The predicted octanol–water partition coefficient (Wildman–Crippen LogP) is 0.0758. The molecule has 6 radical (unpaired) electrons. The second-order valence-electron chi connectivity index (χ2n) is 29.3. The average molecular weight is 1710 g/mol. The molecule has 9 N–H and O–H groups in total. The summed E-state index contributed by atoms with van der Waals surface area (Å²) in [6.07, 6.45) is 1.11. The number of Topliss-reactive ketones (excluding diaryl/α,β-unsaturated/α-hetero) is 4. The summed E-state index contributed by atoms with van der Waals surface area (Å²) in [6, 6.07) is -5.67. The van der Waals surface area contributed by atoms with Crippen LogP contribution in [0, 0.1) is 41.4 Å². The number of hydrogen-bond donors (Lipinski definition) is 9. The summed E-state index contributed by atoms with van der Waals surface area (Å²) in [4.78, 5) is 220. The van der Waals surface area contributed by atoms with E-state index in [-0.39, 0.29) is 236 Å². The fourth-order valence-corrected chi connectivity index (χ4v) is 10.9. The zero-order chi connectivity index (χ0) is 86.5. The molecule has 9 atom stereocenters. The first-order chi connectivity index (χ1) is 54.4. The Labute approximate surface area is 708 Å². The van der Waals surface area contributed by atoms with Crippen molar-refractivity contribution < 1.29 is 129 Å². The molecule has 119 heavy (non-hydrogen) atoms. The van der Waals surface area contributed by atoms with Crippen LogP contribution in [0.25, 0.3) is 0 Å². The lowest BCUT2D eigenvalue weighted by atomic mass is 9.95. The molecule has 41 heteroatoms. The van der Waals surface area contributed by atoms with Gasteiger partial charge in [0.05, 0.1) is 130 Å². The van der Waals surface area contributed by atoms with Crippen LogP contribution in [0.4, 0.5) is 0 Å². The number of carbonyl (C=O) groups excluding carboxylic acids is 17. The highest BCUT2D eigenvalue weighted by Crippen LogP contribution is 2.28. The normalized spacial score (nSPS) is 15.2. The molecule has 2 saturated heterocycles. The molecular formula is C78H138B2N11O27P. The first-order valence-electron chi connectivity index (χ1n) is 39.7. The monoisotopic (exact) mass is 1710 g/mol. The number of rotatable bonds is 64. The van der Waals surface area contributed by atoms with E-state index in [0.29, 0.717) is 62.5 Å². The van der Waals surface area contributed by atoms with E-state index in [1.165, 1.54) is 20.8 Å². The predicted molar refractivity (Wildman–Crippen MR) is 442 cm³/mol. The number of ether oxygens (including phenoxy) is 8. The number of hydroxylamine groups is 4. The van der Waals surface area contributed by atoms with Gasteiger partial charge in [-0.05, 0) is 70.1 Å². The molecule has 3 unspecified atom stereocenters. The van der Waals surface area contributed by atoms with Crippen molar-refractivity contribution in [1.82, 2.24) is 58.0 Å². The summed E-state index contributed by atoms with van der Waals surface area (Å²) in [7, 11) is 0. The van der Waals surface area contributed by atoms with Crippen molar-refractivity contribution >= 4 is 127 Å². The Hall–Kier alpha value is -7.65. The van der Waals surface area contributed by atoms with E-state index in [0.717, 1.165) is 0 Å². The summed E-state index contributed by atoms with van der Waals surface area (Å²) in [5.41, 5.74) is 0. The molecule has 0 aromatic heterocycles. The number of imide groups is 2. The number of nitrogens with zero attached hydrogens (tertiary/aromatic N) is 2. The van der Waals surface area contributed by atoms with Crippen LogP contribution in [0.1, 0.15) is 182 Å². The van der Waals surface area contributed by atoms with Crippen LogP contribution in [0.3, 0.4) is 0 Å². The number of hydrogen-bond acceptors (Lipinski definition) is 27. The van der Waals surface area contributed by atoms with Crippen molar-refractivity contribution in [3.05, 3.63) is 0 Å². The molecule has 0 bridgehead atoms. The second kappa shape index (κ2) is 68.0. The van der Waals surface area contributed by atoms with Crippen LogP contribution in [0.2, 0.25) is 0 Å². The van der Waals surface area contributed by atoms with Gasteiger partial charge >= 0.3 is 0 Å². The molecule has 38 nitrogen and oxygen atoms in total. The Morgan fingerprint density at radius 2 is 0.731 bits per heavy atom. The molecule has 2 aliphatic heterocycles. The Morgan fingerprint density at radius 1 is 0.395 bits per heavy atom. The van der Waals surface area contributed by atoms with E-state index >= 15 is 0 Å². The molecule has 678 valence electrons. The van der Waals surface area contributed by atoms with Crippen molar-refractivity contribution in [2.45, 2.75) is 218 Å². The lowest BCUT2D eigenvalue weighted by molar-refractivity contribution is -0.191. The highest BCUT2D eigenvalue weighted by Gasteiger charge is 2.43. The molecule has 0 aliphatic carbocycles. The van der Waals surface area contributed by atoms with Gasteiger partial charge in [0.2, 0.25) is 53.2 Å². The van der Waals surface area contributed by atoms with Gasteiger partial charge in [-0.3, -0.25) is 81.6 Å². The van der Waals surface area contributed by atoms with E-state index in [4.69, 9.17) is 47.6 Å². The third-order valence-corrected chi connectivity index (χ3v) is 17.7. The number of carbonyl (C=O) groups is 17. The molecule has 0 aromatic carbocycles. The third-order valence-electron chi connectivity index (χ3n) is 17.7. The van der Waals surface area contributed by atoms with Crippen molar-refractivity contribution in [1.29, 1.82) is 0 Å². The summed E-state index contributed by atoms with van der Waals surface area (Å²) in [6.45, 7) is 28.9. The standard InChI is InChI=1S/C40H68N6O14.C37H63N5O13.CH4.2B.H3P/c1-8-33(49)31(10-9-14-41-29(7)48)44-39(54)37(27(4)5)45-38(53)32(12-11-28(6)47)43-34(50)13-16-56-18-20-58-22-23-59-21-19-57-17-15-42-35(51)25-60-46-36(52)24-30(26(2)3)40(46)55;1-23(2)28-21-32(46)42(37(28)50)55-22-31(45)38-12-14-52-16-18-54-20-19-53-17-15-51-13-11-30(44)40-29(10-9-26(7)43)35(48)41-33(24(3)4)36(49)39-27(8)34(47)25(5)6;;;;/h26-27,30-32,37H,8-25H2,1-7H3,(H,41,48)(H,42,51)(H,43,50)(H,44,54)(H,45,53);23-25,27-29,33H,9-22H2,1-8H3,(H,38,45)(H,39,49)(H,40,44)(H,41,48);1H4;;;1H3/t30?,31-,32+,37-;27-,28?,29+,33-;;;;/m00..../s1. The minimum Gasteiger partial charge on any atom is -0.379 e. The maximum atomic E-state index is 13.4.